The van der Waals surface area contributed by atoms with Gasteiger partial charge in [0.2, 0.25) is 5.91 Å². The molecule has 2 aromatic carbocycles. The Kier molecular flexibility index (Phi) is 6.39. The van der Waals surface area contributed by atoms with Crippen LogP contribution < -0.4 is 10.1 Å². The van der Waals surface area contributed by atoms with Crippen molar-refractivity contribution in [1.29, 1.82) is 5.26 Å². The molecule has 0 aromatic heterocycles. The molecule has 0 fully saturated rings. The van der Waals surface area contributed by atoms with Crippen molar-refractivity contribution in [2.75, 3.05) is 6.54 Å². The zero-order chi connectivity index (χ0) is 17.4. The van der Waals surface area contributed by atoms with Crippen LogP contribution in [0.5, 0.6) is 11.5 Å². The van der Waals surface area contributed by atoms with Crippen molar-refractivity contribution in [2.24, 2.45) is 0 Å². The minimum atomic E-state index is -0.234. The molecule has 0 aliphatic heterocycles. The second-order valence-corrected chi connectivity index (χ2v) is 5.90. The molecule has 0 spiro atoms. The molecule has 124 valence electrons. The molecular formula is C20H22N2O2. The highest BCUT2D eigenvalue weighted by molar-refractivity contribution is 5.77. The van der Waals surface area contributed by atoms with Crippen molar-refractivity contribution in [3.05, 3.63) is 59.7 Å². The standard InChI is InChI=1S/C20H22N2O2/c1-15(2)17-5-9-19(10-6-17)24-18-7-3-16(4-8-18)12-14-22-20(23)11-13-21/h3-10,15H,11-12,14H2,1-2H3,(H,22,23). The van der Waals surface area contributed by atoms with Crippen LogP contribution in [0.25, 0.3) is 0 Å². The van der Waals surface area contributed by atoms with Crippen LogP contribution in [0, 0.1) is 11.3 Å². The van der Waals surface area contributed by atoms with Gasteiger partial charge in [0.15, 0.2) is 0 Å². The Morgan fingerprint density at radius 3 is 2.21 bits per heavy atom. The quantitative estimate of drug-likeness (QED) is 0.832. The Bertz CT molecular complexity index is 698. The summed E-state index contributed by atoms with van der Waals surface area (Å²) in [7, 11) is 0. The fraction of sp³-hybridized carbons (Fsp3) is 0.300. The molecule has 0 saturated heterocycles. The second kappa shape index (κ2) is 8.73. The van der Waals surface area contributed by atoms with Crippen LogP contribution in [0.15, 0.2) is 48.5 Å². The van der Waals surface area contributed by atoms with Crippen LogP contribution >= 0.6 is 0 Å². The second-order valence-electron chi connectivity index (χ2n) is 5.90. The van der Waals surface area contributed by atoms with E-state index in [1.165, 1.54) is 5.56 Å². The number of hydrogen-bond donors (Lipinski definition) is 1. The van der Waals surface area contributed by atoms with Gasteiger partial charge in [-0.05, 0) is 47.7 Å². The lowest BCUT2D eigenvalue weighted by Crippen LogP contribution is -2.24. The third-order valence-corrected chi connectivity index (χ3v) is 3.68. The number of benzene rings is 2. The van der Waals surface area contributed by atoms with Crippen LogP contribution in [0.1, 0.15) is 37.3 Å². The lowest BCUT2D eigenvalue weighted by atomic mass is 10.0. The molecule has 0 aliphatic carbocycles. The lowest BCUT2D eigenvalue weighted by molar-refractivity contribution is -0.120. The van der Waals surface area contributed by atoms with E-state index in [2.05, 4.69) is 31.3 Å². The first-order valence-electron chi connectivity index (χ1n) is 8.09. The molecule has 0 saturated carbocycles. The summed E-state index contributed by atoms with van der Waals surface area (Å²) in [6.45, 7) is 4.85. The SMILES string of the molecule is CC(C)c1ccc(Oc2ccc(CCNC(=O)CC#N)cc2)cc1. The number of rotatable bonds is 7. The number of ether oxygens (including phenoxy) is 1. The molecule has 1 N–H and O–H groups in total. The van der Waals surface area contributed by atoms with E-state index in [1.54, 1.807) is 0 Å². The maximum Gasteiger partial charge on any atom is 0.234 e. The first-order valence-corrected chi connectivity index (χ1v) is 8.09. The summed E-state index contributed by atoms with van der Waals surface area (Å²) < 4.78 is 5.84. The molecule has 24 heavy (non-hydrogen) atoms. The highest BCUT2D eigenvalue weighted by Crippen LogP contribution is 2.24. The maximum atomic E-state index is 11.2. The fourth-order valence-electron chi connectivity index (χ4n) is 2.26. The van der Waals surface area contributed by atoms with Crippen molar-refractivity contribution in [2.45, 2.75) is 32.6 Å². The molecule has 0 radical (unpaired) electrons. The van der Waals surface area contributed by atoms with Crippen molar-refractivity contribution in [3.63, 3.8) is 0 Å². The lowest BCUT2D eigenvalue weighted by Gasteiger charge is -2.09. The average Bonchev–Trinajstić information content (AvgIpc) is 2.57. The topological polar surface area (TPSA) is 62.1 Å². The van der Waals surface area contributed by atoms with E-state index in [1.807, 2.05) is 42.5 Å². The van der Waals surface area contributed by atoms with E-state index in [9.17, 15) is 4.79 Å². The van der Waals surface area contributed by atoms with Crippen molar-refractivity contribution >= 4 is 5.91 Å². The Labute approximate surface area is 143 Å². The van der Waals surface area contributed by atoms with Gasteiger partial charge in [-0.2, -0.15) is 5.26 Å². The molecule has 0 unspecified atom stereocenters. The molecular weight excluding hydrogens is 300 g/mol. The molecule has 2 rings (SSSR count). The Balaban J connectivity index is 1.85. The van der Waals surface area contributed by atoms with E-state index in [4.69, 9.17) is 10.00 Å². The molecule has 1 amide bonds. The van der Waals surface area contributed by atoms with Gasteiger partial charge in [-0.1, -0.05) is 38.1 Å². The Hall–Kier alpha value is -2.80. The molecule has 4 nitrogen and oxygen atoms in total. The number of nitrogens with zero attached hydrogens (tertiary/aromatic N) is 1. The van der Waals surface area contributed by atoms with E-state index >= 15 is 0 Å². The van der Waals surface area contributed by atoms with Gasteiger partial charge in [0.05, 0.1) is 6.07 Å². The molecule has 2 aromatic rings. The number of amides is 1. The summed E-state index contributed by atoms with van der Waals surface area (Å²) in [5.74, 6) is 1.87. The van der Waals surface area contributed by atoms with Gasteiger partial charge in [-0.15, -0.1) is 0 Å². The van der Waals surface area contributed by atoms with Crippen LogP contribution in [-0.2, 0) is 11.2 Å². The summed E-state index contributed by atoms with van der Waals surface area (Å²) in [6, 6.07) is 17.8. The van der Waals surface area contributed by atoms with Gasteiger partial charge >= 0.3 is 0 Å². The minimum Gasteiger partial charge on any atom is -0.457 e. The smallest absolute Gasteiger partial charge is 0.234 e. The first kappa shape index (κ1) is 17.6. The zero-order valence-electron chi connectivity index (χ0n) is 14.1. The summed E-state index contributed by atoms with van der Waals surface area (Å²) >= 11 is 0. The first-order chi connectivity index (χ1) is 11.6. The molecule has 0 atom stereocenters. The molecule has 0 aliphatic rings. The van der Waals surface area contributed by atoms with Crippen LogP contribution in [0.3, 0.4) is 0 Å². The van der Waals surface area contributed by atoms with E-state index in [0.29, 0.717) is 12.5 Å². The van der Waals surface area contributed by atoms with E-state index in [0.717, 1.165) is 23.5 Å². The van der Waals surface area contributed by atoms with Gasteiger partial charge < -0.3 is 10.1 Å². The Morgan fingerprint density at radius 2 is 1.67 bits per heavy atom. The predicted octanol–water partition coefficient (Wildman–Crippen LogP) is 4.17. The number of nitrogens with one attached hydrogen (secondary N) is 1. The van der Waals surface area contributed by atoms with Crippen molar-refractivity contribution in [1.82, 2.24) is 5.32 Å². The molecule has 0 bridgehead atoms. The monoisotopic (exact) mass is 322 g/mol. The van der Waals surface area contributed by atoms with Crippen molar-refractivity contribution in [3.8, 4) is 17.6 Å². The van der Waals surface area contributed by atoms with Crippen LogP contribution in [0.4, 0.5) is 0 Å². The minimum absolute atomic E-state index is 0.0949. The average molecular weight is 322 g/mol. The van der Waals surface area contributed by atoms with Gasteiger partial charge in [0.25, 0.3) is 0 Å². The van der Waals surface area contributed by atoms with Gasteiger partial charge in [-0.3, -0.25) is 4.79 Å². The van der Waals surface area contributed by atoms with Gasteiger partial charge in [0.1, 0.15) is 17.9 Å². The summed E-state index contributed by atoms with van der Waals surface area (Å²) in [4.78, 5) is 11.2. The third kappa shape index (κ3) is 5.44. The highest BCUT2D eigenvalue weighted by Gasteiger charge is 2.02. The summed E-state index contributed by atoms with van der Waals surface area (Å²) in [6.07, 6.45) is 0.628. The number of carbonyl (C=O) groups excluding carboxylic acids is 1. The van der Waals surface area contributed by atoms with Crippen LogP contribution in [-0.4, -0.2) is 12.5 Å². The number of nitriles is 1. The molecule has 4 heteroatoms. The number of carbonyl (C=O) groups is 1. The van der Waals surface area contributed by atoms with Gasteiger partial charge in [0, 0.05) is 6.54 Å². The highest BCUT2D eigenvalue weighted by atomic mass is 16.5. The van der Waals surface area contributed by atoms with E-state index in [-0.39, 0.29) is 12.3 Å². The van der Waals surface area contributed by atoms with Crippen molar-refractivity contribution < 1.29 is 9.53 Å². The van der Waals surface area contributed by atoms with Gasteiger partial charge in [-0.25, -0.2) is 0 Å². The fourth-order valence-corrected chi connectivity index (χ4v) is 2.26. The molecule has 0 heterocycles. The maximum absolute atomic E-state index is 11.2. The predicted molar refractivity (Wildman–Crippen MR) is 94.0 cm³/mol. The number of hydrogen-bond acceptors (Lipinski definition) is 3. The zero-order valence-corrected chi connectivity index (χ0v) is 14.1. The largest absolute Gasteiger partial charge is 0.457 e. The van der Waals surface area contributed by atoms with Crippen LogP contribution in [0.2, 0.25) is 0 Å². The van der Waals surface area contributed by atoms with E-state index < -0.39 is 0 Å². The summed E-state index contributed by atoms with van der Waals surface area (Å²) in [5, 5.41) is 11.1. The third-order valence-electron chi connectivity index (χ3n) is 3.68. The normalized spacial score (nSPS) is 10.2. The summed E-state index contributed by atoms with van der Waals surface area (Å²) in [5.41, 5.74) is 2.39. The Morgan fingerprint density at radius 1 is 1.08 bits per heavy atom.